The zero-order valence-corrected chi connectivity index (χ0v) is 12.4. The molecule has 1 heterocycles. The minimum atomic E-state index is -3.62. The van der Waals surface area contributed by atoms with Crippen molar-refractivity contribution in [2.24, 2.45) is 0 Å². The zero-order chi connectivity index (χ0) is 14.7. The number of benzene rings is 2. The van der Waals surface area contributed by atoms with E-state index in [1.807, 2.05) is 60.7 Å². The Balaban J connectivity index is 1.80. The summed E-state index contributed by atoms with van der Waals surface area (Å²) in [6.07, 6.45) is 0.660. The van der Waals surface area contributed by atoms with E-state index >= 15 is 0 Å². The normalized spacial score (nSPS) is 21.4. The van der Waals surface area contributed by atoms with Gasteiger partial charge in [-0.1, -0.05) is 60.7 Å². The molecule has 0 amide bonds. The lowest BCUT2D eigenvalue weighted by molar-refractivity contribution is 0.305. The van der Waals surface area contributed by atoms with E-state index in [1.54, 1.807) is 0 Å². The lowest BCUT2D eigenvalue weighted by Gasteiger charge is -2.20. The van der Waals surface area contributed by atoms with Crippen LogP contribution >= 0.6 is 0 Å². The van der Waals surface area contributed by atoms with Crippen LogP contribution in [0.3, 0.4) is 0 Å². The molecule has 5 heteroatoms. The van der Waals surface area contributed by atoms with Crippen molar-refractivity contribution < 1.29 is 12.6 Å². The molecule has 2 aromatic rings. The topological polar surface area (TPSA) is 46.6 Å². The third-order valence-corrected chi connectivity index (χ3v) is 5.03. The molecule has 1 fully saturated rings. The van der Waals surface area contributed by atoms with Gasteiger partial charge in [-0.2, -0.15) is 12.7 Å². The van der Waals surface area contributed by atoms with Gasteiger partial charge in [0.05, 0.1) is 12.6 Å². The molecule has 1 unspecified atom stereocenters. The van der Waals surface area contributed by atoms with Gasteiger partial charge in [0.2, 0.25) is 0 Å². The lowest BCUT2D eigenvalue weighted by atomic mass is 10.1. The molecule has 0 aromatic heterocycles. The number of nitrogens with zero attached hydrogens (tertiary/aromatic N) is 1. The average molecular weight is 303 g/mol. The van der Waals surface area contributed by atoms with E-state index in [2.05, 4.69) is 0 Å². The zero-order valence-electron chi connectivity index (χ0n) is 11.6. The summed E-state index contributed by atoms with van der Waals surface area (Å²) in [5.41, 5.74) is 2.07. The fraction of sp³-hybridized carbons (Fsp3) is 0.250. The standard InChI is InChI=1S/C16H17NO3S/c18-21(19)17(12-15-9-5-2-6-10-15)16(13-20-21)11-14-7-3-1-4-8-14/h1-10,16H,11-13H2. The van der Waals surface area contributed by atoms with Gasteiger partial charge in [0.1, 0.15) is 0 Å². The molecule has 2 aromatic carbocycles. The van der Waals surface area contributed by atoms with E-state index < -0.39 is 10.3 Å². The van der Waals surface area contributed by atoms with Gasteiger partial charge < -0.3 is 0 Å². The fourth-order valence-electron chi connectivity index (χ4n) is 2.52. The van der Waals surface area contributed by atoms with Crippen LogP contribution in [0.15, 0.2) is 60.7 Å². The summed E-state index contributed by atoms with van der Waals surface area (Å²) >= 11 is 0. The Kier molecular flexibility index (Phi) is 4.05. The summed E-state index contributed by atoms with van der Waals surface area (Å²) in [6, 6.07) is 19.3. The van der Waals surface area contributed by atoms with Crippen LogP contribution in [-0.2, 0) is 27.5 Å². The summed E-state index contributed by atoms with van der Waals surface area (Å²) in [4.78, 5) is 0. The second-order valence-corrected chi connectivity index (χ2v) is 6.68. The maximum Gasteiger partial charge on any atom is 0.339 e. The minimum absolute atomic E-state index is 0.155. The predicted octanol–water partition coefficient (Wildman–Crippen LogP) is 2.37. The quantitative estimate of drug-likeness (QED) is 0.871. The van der Waals surface area contributed by atoms with Gasteiger partial charge in [0, 0.05) is 6.54 Å². The van der Waals surface area contributed by atoms with Crippen molar-refractivity contribution in [3.8, 4) is 0 Å². The number of hydrogen-bond acceptors (Lipinski definition) is 3. The Hall–Kier alpha value is -1.69. The second kappa shape index (κ2) is 5.97. The summed E-state index contributed by atoms with van der Waals surface area (Å²) in [7, 11) is -3.62. The van der Waals surface area contributed by atoms with Gasteiger partial charge in [0.15, 0.2) is 0 Å². The largest absolute Gasteiger partial charge is 0.339 e. The van der Waals surface area contributed by atoms with Crippen LogP contribution in [0.5, 0.6) is 0 Å². The van der Waals surface area contributed by atoms with E-state index in [0.29, 0.717) is 13.0 Å². The van der Waals surface area contributed by atoms with Crippen LogP contribution < -0.4 is 0 Å². The van der Waals surface area contributed by atoms with E-state index in [4.69, 9.17) is 4.18 Å². The van der Waals surface area contributed by atoms with Crippen LogP contribution in [0, 0.1) is 0 Å². The van der Waals surface area contributed by atoms with Gasteiger partial charge in [-0.3, -0.25) is 4.18 Å². The molecule has 0 aliphatic carbocycles. The van der Waals surface area contributed by atoms with E-state index in [1.165, 1.54) is 4.31 Å². The predicted molar refractivity (Wildman–Crippen MR) is 80.8 cm³/mol. The third kappa shape index (κ3) is 3.32. The molecule has 1 aliphatic heterocycles. The molecule has 0 N–H and O–H groups in total. The monoisotopic (exact) mass is 303 g/mol. The molecular weight excluding hydrogens is 286 g/mol. The maximum absolute atomic E-state index is 12.1. The molecule has 3 rings (SSSR count). The van der Waals surface area contributed by atoms with E-state index in [0.717, 1.165) is 11.1 Å². The third-order valence-electron chi connectivity index (χ3n) is 3.60. The highest BCUT2D eigenvalue weighted by Gasteiger charge is 2.38. The highest BCUT2D eigenvalue weighted by atomic mass is 32.2. The van der Waals surface area contributed by atoms with Crippen molar-refractivity contribution >= 4 is 10.3 Å². The van der Waals surface area contributed by atoms with Crippen molar-refractivity contribution in [1.82, 2.24) is 4.31 Å². The highest BCUT2D eigenvalue weighted by Crippen LogP contribution is 2.24. The Morgan fingerprint density at radius 3 is 2.14 bits per heavy atom. The Morgan fingerprint density at radius 2 is 1.52 bits per heavy atom. The summed E-state index contributed by atoms with van der Waals surface area (Å²) in [6.45, 7) is 0.560. The molecule has 21 heavy (non-hydrogen) atoms. The molecule has 0 spiro atoms. The van der Waals surface area contributed by atoms with Crippen LogP contribution in [0.1, 0.15) is 11.1 Å². The van der Waals surface area contributed by atoms with E-state index in [9.17, 15) is 8.42 Å². The molecule has 0 saturated carbocycles. The lowest BCUT2D eigenvalue weighted by Crippen LogP contribution is -2.34. The van der Waals surface area contributed by atoms with Crippen LogP contribution in [0.4, 0.5) is 0 Å². The van der Waals surface area contributed by atoms with Crippen molar-refractivity contribution in [2.75, 3.05) is 6.61 Å². The maximum atomic E-state index is 12.1. The molecule has 0 radical (unpaired) electrons. The molecule has 1 atom stereocenters. The molecule has 1 aliphatic rings. The Bertz CT molecular complexity index is 686. The van der Waals surface area contributed by atoms with Crippen molar-refractivity contribution in [3.05, 3.63) is 71.8 Å². The first-order chi connectivity index (χ1) is 10.1. The first-order valence-corrected chi connectivity index (χ1v) is 8.26. The smallest absolute Gasteiger partial charge is 0.256 e. The first kappa shape index (κ1) is 14.3. The Morgan fingerprint density at radius 1 is 0.952 bits per heavy atom. The van der Waals surface area contributed by atoms with Gasteiger partial charge >= 0.3 is 10.3 Å². The minimum Gasteiger partial charge on any atom is -0.256 e. The molecule has 110 valence electrons. The van der Waals surface area contributed by atoms with Gasteiger partial charge in [0.25, 0.3) is 0 Å². The molecular formula is C16H17NO3S. The first-order valence-electron chi connectivity index (χ1n) is 6.89. The van der Waals surface area contributed by atoms with Crippen molar-refractivity contribution in [1.29, 1.82) is 0 Å². The second-order valence-electron chi connectivity index (χ2n) is 5.12. The number of rotatable bonds is 4. The SMILES string of the molecule is O=S1(=O)OCC(Cc2ccccc2)N1Cc1ccccc1. The van der Waals surface area contributed by atoms with Crippen LogP contribution in [0.25, 0.3) is 0 Å². The highest BCUT2D eigenvalue weighted by molar-refractivity contribution is 7.84. The van der Waals surface area contributed by atoms with Crippen LogP contribution in [-0.4, -0.2) is 25.4 Å². The average Bonchev–Trinajstić information content (AvgIpc) is 2.77. The number of hydrogen-bond donors (Lipinski definition) is 0. The van der Waals surface area contributed by atoms with Crippen molar-refractivity contribution in [3.63, 3.8) is 0 Å². The van der Waals surface area contributed by atoms with Crippen LogP contribution in [0.2, 0.25) is 0 Å². The van der Waals surface area contributed by atoms with E-state index in [-0.39, 0.29) is 12.6 Å². The molecule has 0 bridgehead atoms. The van der Waals surface area contributed by atoms with Gasteiger partial charge in [-0.15, -0.1) is 0 Å². The summed E-state index contributed by atoms with van der Waals surface area (Å²) in [5, 5.41) is 0. The fourth-order valence-corrected chi connectivity index (χ4v) is 3.79. The summed E-state index contributed by atoms with van der Waals surface area (Å²) in [5.74, 6) is 0. The molecule has 4 nitrogen and oxygen atoms in total. The Labute approximate surface area is 125 Å². The summed E-state index contributed by atoms with van der Waals surface area (Å²) < 4.78 is 30.6. The molecule has 1 saturated heterocycles. The van der Waals surface area contributed by atoms with Gasteiger partial charge in [-0.05, 0) is 17.5 Å². The van der Waals surface area contributed by atoms with Crippen molar-refractivity contribution in [2.45, 2.75) is 19.0 Å². The van der Waals surface area contributed by atoms with Gasteiger partial charge in [-0.25, -0.2) is 0 Å².